The van der Waals surface area contributed by atoms with E-state index in [4.69, 9.17) is 9.47 Å². The van der Waals surface area contributed by atoms with Gasteiger partial charge in [-0.1, -0.05) is 56.3 Å². The fourth-order valence-corrected chi connectivity index (χ4v) is 4.02. The van der Waals surface area contributed by atoms with Crippen molar-refractivity contribution in [3.8, 4) is 0 Å². The van der Waals surface area contributed by atoms with Gasteiger partial charge in [0.25, 0.3) is 0 Å². The van der Waals surface area contributed by atoms with Crippen LogP contribution in [0, 0.1) is 11.8 Å². The van der Waals surface area contributed by atoms with E-state index in [-0.39, 0.29) is 24.0 Å². The van der Waals surface area contributed by atoms with Crippen LogP contribution in [0.1, 0.15) is 19.4 Å². The van der Waals surface area contributed by atoms with Crippen molar-refractivity contribution in [3.05, 3.63) is 48.0 Å². The molecule has 0 aliphatic carbocycles. The van der Waals surface area contributed by atoms with Crippen molar-refractivity contribution < 1.29 is 19.1 Å². The van der Waals surface area contributed by atoms with E-state index in [2.05, 4.69) is 6.92 Å². The van der Waals surface area contributed by atoms with Crippen molar-refractivity contribution in [1.29, 1.82) is 0 Å². The minimum Gasteiger partial charge on any atom is -0.453 e. The number of aldehydes is 1. The Bertz CT molecular complexity index is 644. The van der Waals surface area contributed by atoms with Crippen LogP contribution >= 0.6 is 0 Å². The largest absolute Gasteiger partial charge is 0.453 e. The Morgan fingerprint density at radius 3 is 2.62 bits per heavy atom. The number of carbonyl (C=O) groups is 2. The molecule has 0 radical (unpaired) electrons. The average Bonchev–Trinajstić information content (AvgIpc) is 2.97. The molecule has 24 heavy (non-hydrogen) atoms. The number of amides is 1. The van der Waals surface area contributed by atoms with Gasteiger partial charge in [0.05, 0.1) is 25.9 Å². The molecule has 2 aliphatic rings. The van der Waals surface area contributed by atoms with E-state index in [1.165, 1.54) is 7.11 Å². The van der Waals surface area contributed by atoms with Gasteiger partial charge in [-0.15, -0.1) is 0 Å². The molecule has 5 atom stereocenters. The highest BCUT2D eigenvalue weighted by Gasteiger charge is 2.59. The van der Waals surface area contributed by atoms with E-state index in [9.17, 15) is 9.59 Å². The standard InChI is InChI=1S/C19H23NO4/c1-13-16-9-10-19(12-21,20(16)18(22)23-3)14(2)17(13)24-11-15-7-5-4-6-8-15/h4-10,12-14,16-17H,11H2,1-3H3/t13-,14-,16+,17-,19+/m0/s1. The van der Waals surface area contributed by atoms with Gasteiger partial charge in [-0.05, 0) is 5.56 Å². The number of benzene rings is 1. The van der Waals surface area contributed by atoms with Crippen LogP contribution < -0.4 is 0 Å². The van der Waals surface area contributed by atoms with E-state index in [1.54, 1.807) is 4.90 Å². The SMILES string of the molecule is COC(=O)N1[C@@H]2C=C[C@@]1(C=O)[C@@H](C)[C@@H](OCc1ccccc1)[C@H]2C. The van der Waals surface area contributed by atoms with Crippen molar-refractivity contribution in [3.63, 3.8) is 0 Å². The summed E-state index contributed by atoms with van der Waals surface area (Å²) in [6, 6.07) is 9.75. The van der Waals surface area contributed by atoms with E-state index in [1.807, 2.05) is 49.4 Å². The van der Waals surface area contributed by atoms with Crippen LogP contribution in [0.25, 0.3) is 0 Å². The smallest absolute Gasteiger partial charge is 0.411 e. The van der Waals surface area contributed by atoms with Crippen LogP contribution in [-0.2, 0) is 20.9 Å². The van der Waals surface area contributed by atoms with Crippen LogP contribution in [0.5, 0.6) is 0 Å². The molecule has 5 nitrogen and oxygen atoms in total. The minimum absolute atomic E-state index is 0.0645. The first kappa shape index (κ1) is 16.7. The second kappa shape index (κ2) is 6.40. The summed E-state index contributed by atoms with van der Waals surface area (Å²) in [5.41, 5.74) is 0.0961. The Hall–Kier alpha value is -2.14. The number of hydrogen-bond donors (Lipinski definition) is 0. The number of ether oxygens (including phenoxy) is 2. The maximum Gasteiger partial charge on any atom is 0.411 e. The number of methoxy groups -OCH3 is 1. The Labute approximate surface area is 142 Å². The van der Waals surface area contributed by atoms with Crippen molar-refractivity contribution in [1.82, 2.24) is 4.90 Å². The number of fused-ring (bicyclic) bond motifs is 2. The molecule has 1 fully saturated rings. The first-order valence-corrected chi connectivity index (χ1v) is 8.23. The van der Waals surface area contributed by atoms with Crippen LogP contribution in [0.15, 0.2) is 42.5 Å². The fraction of sp³-hybridized carbons (Fsp3) is 0.474. The third-order valence-electron chi connectivity index (χ3n) is 5.40. The highest BCUT2D eigenvalue weighted by Crippen LogP contribution is 2.46. The molecule has 0 spiro atoms. The highest BCUT2D eigenvalue weighted by atomic mass is 16.5. The van der Waals surface area contributed by atoms with Gasteiger partial charge < -0.3 is 14.3 Å². The molecule has 2 heterocycles. The van der Waals surface area contributed by atoms with E-state index >= 15 is 0 Å². The second-order valence-electron chi connectivity index (χ2n) is 6.60. The molecule has 128 valence electrons. The van der Waals surface area contributed by atoms with Crippen molar-refractivity contribution in [2.45, 2.75) is 38.1 Å². The zero-order chi connectivity index (χ0) is 17.3. The van der Waals surface area contributed by atoms with Gasteiger partial charge in [0.15, 0.2) is 0 Å². The summed E-state index contributed by atoms with van der Waals surface area (Å²) < 4.78 is 11.1. The Balaban J connectivity index is 1.84. The molecule has 0 N–H and O–H groups in total. The number of nitrogens with zero attached hydrogens (tertiary/aromatic N) is 1. The Kier molecular flexibility index (Phi) is 4.45. The monoisotopic (exact) mass is 329 g/mol. The summed E-state index contributed by atoms with van der Waals surface area (Å²) in [6.45, 7) is 4.50. The van der Waals surface area contributed by atoms with Crippen molar-refractivity contribution >= 4 is 12.4 Å². The maximum atomic E-state index is 12.2. The predicted octanol–water partition coefficient (Wildman–Crippen LogP) is 2.80. The lowest BCUT2D eigenvalue weighted by Gasteiger charge is -2.51. The number of rotatable bonds is 4. The summed E-state index contributed by atoms with van der Waals surface area (Å²) >= 11 is 0. The van der Waals surface area contributed by atoms with Gasteiger partial charge in [0.2, 0.25) is 0 Å². The van der Waals surface area contributed by atoms with Crippen LogP contribution in [0.3, 0.4) is 0 Å². The predicted molar refractivity (Wildman–Crippen MR) is 89.3 cm³/mol. The lowest BCUT2D eigenvalue weighted by atomic mass is 9.73. The molecule has 2 bridgehead atoms. The molecular weight excluding hydrogens is 306 g/mol. The Morgan fingerprint density at radius 2 is 2.00 bits per heavy atom. The number of hydrogen-bond acceptors (Lipinski definition) is 4. The molecule has 1 aromatic rings. The summed E-state index contributed by atoms with van der Waals surface area (Å²) in [7, 11) is 1.34. The summed E-state index contributed by atoms with van der Waals surface area (Å²) in [4.78, 5) is 25.7. The van der Waals surface area contributed by atoms with E-state index in [0.717, 1.165) is 11.8 Å². The first-order chi connectivity index (χ1) is 11.5. The highest BCUT2D eigenvalue weighted by molar-refractivity contribution is 5.82. The van der Waals surface area contributed by atoms with Crippen molar-refractivity contribution in [2.24, 2.45) is 11.8 Å². The van der Waals surface area contributed by atoms with Gasteiger partial charge in [0, 0.05) is 11.8 Å². The van der Waals surface area contributed by atoms with Crippen LogP contribution in [-0.4, -0.2) is 42.1 Å². The second-order valence-corrected chi connectivity index (χ2v) is 6.60. The lowest BCUT2D eigenvalue weighted by Crippen LogP contribution is -2.66. The molecule has 0 aromatic heterocycles. The zero-order valence-electron chi connectivity index (χ0n) is 14.2. The zero-order valence-corrected chi connectivity index (χ0v) is 14.2. The molecular formula is C19H23NO4. The van der Waals surface area contributed by atoms with Gasteiger partial charge in [0.1, 0.15) is 11.8 Å². The quantitative estimate of drug-likeness (QED) is 0.630. The minimum atomic E-state index is -0.994. The fourth-order valence-electron chi connectivity index (χ4n) is 4.02. The molecule has 0 unspecified atom stereocenters. The first-order valence-electron chi connectivity index (χ1n) is 8.23. The third-order valence-corrected chi connectivity index (χ3v) is 5.40. The summed E-state index contributed by atoms with van der Waals surface area (Å²) in [6.07, 6.45) is 4.00. The van der Waals surface area contributed by atoms with Gasteiger partial charge >= 0.3 is 6.09 Å². The third kappa shape index (κ3) is 2.44. The molecule has 0 saturated carbocycles. The Morgan fingerprint density at radius 1 is 1.29 bits per heavy atom. The molecule has 5 heteroatoms. The van der Waals surface area contributed by atoms with Gasteiger partial charge in [-0.25, -0.2) is 4.79 Å². The summed E-state index contributed by atoms with van der Waals surface area (Å²) in [5.74, 6) is -0.0996. The van der Waals surface area contributed by atoms with Crippen LogP contribution in [0.4, 0.5) is 4.79 Å². The number of carbonyl (C=O) groups excluding carboxylic acids is 2. The lowest BCUT2D eigenvalue weighted by molar-refractivity contribution is -0.139. The van der Waals surface area contributed by atoms with Gasteiger partial charge in [-0.2, -0.15) is 0 Å². The van der Waals surface area contributed by atoms with Gasteiger partial charge in [-0.3, -0.25) is 4.90 Å². The van der Waals surface area contributed by atoms with Crippen LogP contribution in [0.2, 0.25) is 0 Å². The normalized spacial score (nSPS) is 34.2. The maximum absolute atomic E-state index is 12.2. The van der Waals surface area contributed by atoms with Crippen molar-refractivity contribution in [2.75, 3.05) is 7.11 Å². The molecule has 1 saturated heterocycles. The topological polar surface area (TPSA) is 55.8 Å². The van der Waals surface area contributed by atoms with E-state index in [0.29, 0.717) is 6.61 Å². The molecule has 3 rings (SSSR count). The number of piperidine rings is 1. The summed E-state index contributed by atoms with van der Waals surface area (Å²) in [5, 5.41) is 0. The molecule has 1 aromatic carbocycles. The molecule has 1 amide bonds. The molecule has 2 aliphatic heterocycles. The van der Waals surface area contributed by atoms with E-state index < -0.39 is 11.6 Å². The average molecular weight is 329 g/mol.